The molecule has 2 fully saturated rings. The van der Waals surface area contributed by atoms with E-state index in [2.05, 4.69) is 38.3 Å². The molecule has 11 heteroatoms. The number of thiol groups is 1. The standard InChI is InChI=1S/C23H27N7O3S/c24-21(31)20-17(11-30(29-20)15-3-5-16(34)6-4-15)27-22(32)18-12-33-23(28-18)14-7-8-25-19(9-14)26-10-13-1-2-13/h7-9,11-13,15-16,34H,1-6,10H2,(H2,24,31)(H,25,26)(H,27,32)/t15-,16-. The highest BCUT2D eigenvalue weighted by Crippen LogP contribution is 2.32. The summed E-state index contributed by atoms with van der Waals surface area (Å²) in [6.07, 6.45) is 10.8. The first-order chi connectivity index (χ1) is 16.5. The fraction of sp³-hybridized carbons (Fsp3) is 0.435. The molecular formula is C23H27N7O3S. The van der Waals surface area contributed by atoms with E-state index in [0.717, 1.165) is 44.0 Å². The second kappa shape index (κ2) is 9.49. The Morgan fingerprint density at radius 3 is 2.74 bits per heavy atom. The lowest BCUT2D eigenvalue weighted by molar-refractivity contribution is 0.0995. The van der Waals surface area contributed by atoms with Crippen molar-refractivity contribution >= 4 is 35.9 Å². The molecule has 34 heavy (non-hydrogen) atoms. The summed E-state index contributed by atoms with van der Waals surface area (Å²) >= 11 is 4.53. The maximum Gasteiger partial charge on any atom is 0.277 e. The summed E-state index contributed by atoms with van der Waals surface area (Å²) < 4.78 is 7.26. The molecule has 0 atom stereocenters. The summed E-state index contributed by atoms with van der Waals surface area (Å²) in [6, 6.07) is 3.75. The Balaban J connectivity index is 1.29. The van der Waals surface area contributed by atoms with Gasteiger partial charge < -0.3 is 20.8 Å². The molecule has 10 nitrogen and oxygen atoms in total. The maximum absolute atomic E-state index is 12.9. The first kappa shape index (κ1) is 22.5. The Morgan fingerprint density at radius 2 is 2.00 bits per heavy atom. The second-order valence-corrected chi connectivity index (χ2v) is 9.67. The quantitative estimate of drug-likeness (QED) is 0.361. The zero-order valence-electron chi connectivity index (χ0n) is 18.6. The van der Waals surface area contributed by atoms with Gasteiger partial charge in [0, 0.05) is 29.8 Å². The summed E-state index contributed by atoms with van der Waals surface area (Å²) in [5.41, 5.74) is 6.57. The number of carbonyl (C=O) groups is 2. The average Bonchev–Trinajstić information content (AvgIpc) is 3.35. The summed E-state index contributed by atoms with van der Waals surface area (Å²) in [6.45, 7) is 0.891. The smallest absolute Gasteiger partial charge is 0.277 e. The van der Waals surface area contributed by atoms with E-state index in [1.807, 2.05) is 6.07 Å². The minimum atomic E-state index is -0.708. The first-order valence-electron chi connectivity index (χ1n) is 11.5. The number of nitrogens with two attached hydrogens (primary N) is 1. The number of oxazole rings is 1. The lowest BCUT2D eigenvalue weighted by atomic mass is 9.95. The third-order valence-electron chi connectivity index (χ3n) is 6.27. The predicted molar refractivity (Wildman–Crippen MR) is 130 cm³/mol. The van der Waals surface area contributed by atoms with E-state index in [1.54, 1.807) is 23.1 Å². The third kappa shape index (κ3) is 5.09. The van der Waals surface area contributed by atoms with Crippen LogP contribution in [0.1, 0.15) is 65.5 Å². The number of amides is 2. The van der Waals surface area contributed by atoms with Crippen LogP contribution in [0.4, 0.5) is 11.5 Å². The Bertz CT molecular complexity index is 1190. The lowest BCUT2D eigenvalue weighted by Gasteiger charge is -2.25. The van der Waals surface area contributed by atoms with Gasteiger partial charge >= 0.3 is 0 Å². The number of rotatable bonds is 8. The predicted octanol–water partition coefficient (Wildman–Crippen LogP) is 3.52. The summed E-state index contributed by atoms with van der Waals surface area (Å²) in [5.74, 6) is 0.531. The summed E-state index contributed by atoms with van der Waals surface area (Å²) in [7, 11) is 0. The second-order valence-electron chi connectivity index (χ2n) is 8.94. The van der Waals surface area contributed by atoms with Crippen molar-refractivity contribution in [3.8, 4) is 11.5 Å². The molecule has 5 rings (SSSR count). The van der Waals surface area contributed by atoms with Crippen molar-refractivity contribution < 1.29 is 14.0 Å². The topological polar surface area (TPSA) is 141 Å². The molecule has 178 valence electrons. The number of hydrogen-bond acceptors (Lipinski definition) is 8. The molecule has 0 bridgehead atoms. The van der Waals surface area contributed by atoms with Gasteiger partial charge in [-0.2, -0.15) is 17.7 Å². The van der Waals surface area contributed by atoms with Crippen LogP contribution in [-0.2, 0) is 0 Å². The number of nitrogens with one attached hydrogen (secondary N) is 2. The van der Waals surface area contributed by atoms with Gasteiger partial charge in [0.15, 0.2) is 11.4 Å². The SMILES string of the molecule is NC(=O)c1nn([C@H]2CC[C@H](S)CC2)cc1NC(=O)c1coc(-c2ccnc(NCC3CC3)c2)n1. The van der Waals surface area contributed by atoms with Gasteiger partial charge in [0.05, 0.1) is 11.7 Å². The van der Waals surface area contributed by atoms with Crippen LogP contribution in [0.3, 0.4) is 0 Å². The highest BCUT2D eigenvalue weighted by molar-refractivity contribution is 7.80. The van der Waals surface area contributed by atoms with Crippen molar-refractivity contribution in [1.29, 1.82) is 0 Å². The fourth-order valence-electron chi connectivity index (χ4n) is 4.10. The fourth-order valence-corrected chi connectivity index (χ4v) is 4.40. The molecule has 0 unspecified atom stereocenters. The molecule has 2 aliphatic carbocycles. The van der Waals surface area contributed by atoms with E-state index in [1.165, 1.54) is 19.1 Å². The Labute approximate surface area is 202 Å². The van der Waals surface area contributed by atoms with Gasteiger partial charge in [-0.1, -0.05) is 0 Å². The Hall–Kier alpha value is -3.34. The van der Waals surface area contributed by atoms with Gasteiger partial charge in [-0.3, -0.25) is 14.3 Å². The van der Waals surface area contributed by atoms with E-state index in [0.29, 0.717) is 16.7 Å². The highest BCUT2D eigenvalue weighted by atomic mass is 32.1. The molecule has 2 aliphatic rings. The summed E-state index contributed by atoms with van der Waals surface area (Å²) in [5, 5.41) is 10.7. The number of hydrogen-bond donors (Lipinski definition) is 4. The summed E-state index contributed by atoms with van der Waals surface area (Å²) in [4.78, 5) is 33.4. The zero-order chi connectivity index (χ0) is 23.7. The largest absolute Gasteiger partial charge is 0.444 e. The van der Waals surface area contributed by atoms with E-state index in [9.17, 15) is 9.59 Å². The molecule has 3 heterocycles. The van der Waals surface area contributed by atoms with E-state index < -0.39 is 11.8 Å². The van der Waals surface area contributed by atoms with Crippen LogP contribution in [0.2, 0.25) is 0 Å². The molecule has 0 radical (unpaired) electrons. The van der Waals surface area contributed by atoms with Crippen LogP contribution in [0.5, 0.6) is 0 Å². The molecule has 0 spiro atoms. The van der Waals surface area contributed by atoms with Crippen molar-refractivity contribution in [2.75, 3.05) is 17.2 Å². The van der Waals surface area contributed by atoms with E-state index in [4.69, 9.17) is 10.2 Å². The number of primary amides is 1. The van der Waals surface area contributed by atoms with Crippen LogP contribution >= 0.6 is 12.6 Å². The highest BCUT2D eigenvalue weighted by Gasteiger charge is 2.25. The molecule has 3 aromatic heterocycles. The number of aromatic nitrogens is 4. The van der Waals surface area contributed by atoms with Crippen LogP contribution in [0.25, 0.3) is 11.5 Å². The van der Waals surface area contributed by atoms with Crippen molar-refractivity contribution in [2.45, 2.75) is 49.8 Å². The van der Waals surface area contributed by atoms with Gasteiger partial charge in [-0.05, 0) is 56.6 Å². The van der Waals surface area contributed by atoms with E-state index in [-0.39, 0.29) is 23.1 Å². The van der Waals surface area contributed by atoms with Gasteiger partial charge in [0.1, 0.15) is 12.1 Å². The van der Waals surface area contributed by atoms with Crippen LogP contribution in [0, 0.1) is 5.92 Å². The van der Waals surface area contributed by atoms with Crippen molar-refractivity contribution in [2.24, 2.45) is 11.7 Å². The van der Waals surface area contributed by atoms with Crippen molar-refractivity contribution in [1.82, 2.24) is 19.7 Å². The van der Waals surface area contributed by atoms with Crippen LogP contribution in [-0.4, -0.2) is 43.4 Å². The van der Waals surface area contributed by atoms with Gasteiger partial charge in [0.2, 0.25) is 5.89 Å². The van der Waals surface area contributed by atoms with E-state index >= 15 is 0 Å². The number of pyridine rings is 1. The number of anilines is 2. The minimum Gasteiger partial charge on any atom is -0.444 e. The molecule has 0 saturated heterocycles. The van der Waals surface area contributed by atoms with Gasteiger partial charge in [-0.15, -0.1) is 0 Å². The lowest BCUT2D eigenvalue weighted by Crippen LogP contribution is -2.20. The monoisotopic (exact) mass is 481 g/mol. The maximum atomic E-state index is 12.9. The third-order valence-corrected chi connectivity index (χ3v) is 6.78. The molecule has 2 saturated carbocycles. The normalized spacial score (nSPS) is 20.1. The molecule has 4 N–H and O–H groups in total. The Kier molecular flexibility index (Phi) is 6.27. The number of carbonyl (C=O) groups excluding carboxylic acids is 2. The minimum absolute atomic E-state index is 0.0191. The van der Waals surface area contributed by atoms with Crippen LogP contribution < -0.4 is 16.4 Å². The Morgan fingerprint density at radius 1 is 1.21 bits per heavy atom. The van der Waals surface area contributed by atoms with Gasteiger partial charge in [0.25, 0.3) is 11.8 Å². The number of nitrogens with zero attached hydrogens (tertiary/aromatic N) is 4. The van der Waals surface area contributed by atoms with Gasteiger partial charge in [-0.25, -0.2) is 9.97 Å². The molecule has 2 amide bonds. The average molecular weight is 482 g/mol. The molecular weight excluding hydrogens is 454 g/mol. The van der Waals surface area contributed by atoms with Crippen molar-refractivity contribution in [3.05, 3.63) is 42.2 Å². The van der Waals surface area contributed by atoms with Crippen LogP contribution in [0.15, 0.2) is 35.2 Å². The zero-order valence-corrected chi connectivity index (χ0v) is 19.5. The molecule has 0 aliphatic heterocycles. The van der Waals surface area contributed by atoms with Crippen molar-refractivity contribution in [3.63, 3.8) is 0 Å². The molecule has 3 aromatic rings. The first-order valence-corrected chi connectivity index (χ1v) is 12.0. The molecule has 0 aromatic carbocycles.